The van der Waals surface area contributed by atoms with Crippen LogP contribution < -0.4 is 20.3 Å². The van der Waals surface area contributed by atoms with Crippen LogP contribution in [0.15, 0.2) is 60.4 Å². The van der Waals surface area contributed by atoms with E-state index < -0.39 is 18.3 Å². The van der Waals surface area contributed by atoms with Crippen LogP contribution >= 0.6 is 0 Å². The molecule has 1 amide bonds. The van der Waals surface area contributed by atoms with E-state index in [-0.39, 0.29) is 18.1 Å². The van der Waals surface area contributed by atoms with Gasteiger partial charge in [-0.2, -0.15) is 0 Å². The summed E-state index contributed by atoms with van der Waals surface area (Å²) in [5.74, 6) is 0.619. The number of carbonyl (C=O) groups is 1. The van der Waals surface area contributed by atoms with E-state index in [2.05, 4.69) is 10.3 Å². The largest absolute Gasteiger partial charge is 0.502 e. The second kappa shape index (κ2) is 11.4. The summed E-state index contributed by atoms with van der Waals surface area (Å²) in [6, 6.07) is 12.2. The van der Waals surface area contributed by atoms with Crippen molar-refractivity contribution in [1.82, 2.24) is 10.3 Å². The van der Waals surface area contributed by atoms with E-state index in [4.69, 9.17) is 18.8 Å². The number of fused-ring (bicyclic) bond motifs is 1. The molecular formula is C33H36BFN2O5. The van der Waals surface area contributed by atoms with Gasteiger partial charge in [-0.05, 0) is 110 Å². The number of carbonyl (C=O) groups excluding carboxylic acids is 1. The van der Waals surface area contributed by atoms with Crippen LogP contribution in [0.3, 0.4) is 0 Å². The van der Waals surface area contributed by atoms with Crippen molar-refractivity contribution in [1.29, 1.82) is 0 Å². The molecule has 0 radical (unpaired) electrons. The molecular weight excluding hydrogens is 534 g/mol. The van der Waals surface area contributed by atoms with Gasteiger partial charge >= 0.3 is 7.12 Å². The van der Waals surface area contributed by atoms with Crippen LogP contribution in [0, 0.1) is 5.82 Å². The first-order valence-electron chi connectivity index (χ1n) is 13.9. The van der Waals surface area contributed by atoms with Gasteiger partial charge in [0.25, 0.3) is 0 Å². The molecule has 3 aromatic rings. The number of nitrogens with one attached hydrogen (secondary N) is 1. The Morgan fingerprint density at radius 1 is 1.02 bits per heavy atom. The first kappa shape index (κ1) is 29.5. The molecule has 1 N–H and O–H groups in total. The number of allylic oxidation sites excluding steroid dienone is 2. The van der Waals surface area contributed by atoms with Gasteiger partial charge in [-0.25, -0.2) is 4.39 Å². The van der Waals surface area contributed by atoms with E-state index in [0.29, 0.717) is 29.1 Å². The molecule has 2 aliphatic rings. The number of rotatable bonds is 8. The summed E-state index contributed by atoms with van der Waals surface area (Å²) in [4.78, 5) is 17.1. The number of hydrogen-bond donors (Lipinski definition) is 1. The number of hydrogen-bond acceptors (Lipinski definition) is 6. The van der Waals surface area contributed by atoms with Gasteiger partial charge in [-0.15, -0.1) is 0 Å². The molecule has 0 bridgehead atoms. The highest BCUT2D eigenvalue weighted by Crippen LogP contribution is 2.44. The smallest absolute Gasteiger partial charge is 0.497 e. The SMILES string of the molecule is COc1cc(C=C2C(C)=C(CC(=O)NCc3cccnc3)c3cc(F)ccc32)cc(OC)c1B1OC(C)(C)C(C)(C)O1. The molecule has 0 saturated carbocycles. The van der Waals surface area contributed by atoms with E-state index in [0.717, 1.165) is 33.4 Å². The van der Waals surface area contributed by atoms with Gasteiger partial charge < -0.3 is 24.1 Å². The van der Waals surface area contributed by atoms with Crippen molar-refractivity contribution in [3.8, 4) is 11.5 Å². The Morgan fingerprint density at radius 3 is 2.29 bits per heavy atom. The lowest BCUT2D eigenvalue weighted by atomic mass is 9.77. The third kappa shape index (κ3) is 5.59. The zero-order valence-electron chi connectivity index (χ0n) is 25.1. The minimum absolute atomic E-state index is 0.118. The molecule has 1 saturated heterocycles. The maximum atomic E-state index is 14.4. The number of benzene rings is 2. The summed E-state index contributed by atoms with van der Waals surface area (Å²) in [5.41, 5.74) is 5.49. The molecule has 2 aromatic carbocycles. The second-order valence-electron chi connectivity index (χ2n) is 11.6. The Bertz CT molecular complexity index is 1540. The third-order valence-corrected chi connectivity index (χ3v) is 8.37. The standard InChI is InChI=1S/C33H36BFN2O5/c1-20-25(13-22-14-28(39-6)31(29(15-22)40-7)34-41-32(2,3)33(4,5)42-34)24-11-10-23(35)16-27(24)26(20)17-30(38)37-19-21-9-8-12-36-18-21/h8-16,18H,17,19H2,1-7H3,(H,37,38). The van der Waals surface area contributed by atoms with E-state index in [1.807, 2.05) is 65.0 Å². The Hall–Kier alpha value is -3.95. The highest BCUT2D eigenvalue weighted by atomic mass is 19.1. The van der Waals surface area contributed by atoms with Crippen LogP contribution in [0.4, 0.5) is 4.39 Å². The lowest BCUT2D eigenvalue weighted by Crippen LogP contribution is -2.41. The van der Waals surface area contributed by atoms with Crippen molar-refractivity contribution in [2.75, 3.05) is 14.2 Å². The molecule has 1 fully saturated rings. The Labute approximate surface area is 246 Å². The topological polar surface area (TPSA) is 78.9 Å². The average molecular weight is 570 g/mol. The fourth-order valence-corrected chi connectivity index (χ4v) is 5.31. The molecule has 1 aromatic heterocycles. The van der Waals surface area contributed by atoms with E-state index >= 15 is 0 Å². The molecule has 0 spiro atoms. The highest BCUT2D eigenvalue weighted by Gasteiger charge is 2.53. The van der Waals surface area contributed by atoms with Crippen molar-refractivity contribution >= 4 is 35.7 Å². The maximum absolute atomic E-state index is 14.4. The van der Waals surface area contributed by atoms with Crippen LogP contribution in [-0.2, 0) is 20.6 Å². The molecule has 9 heteroatoms. The second-order valence-corrected chi connectivity index (χ2v) is 11.6. The Balaban J connectivity index is 1.50. The molecule has 218 valence electrons. The highest BCUT2D eigenvalue weighted by molar-refractivity contribution is 6.64. The molecule has 42 heavy (non-hydrogen) atoms. The summed E-state index contributed by atoms with van der Waals surface area (Å²) in [6.45, 7) is 10.3. The number of ether oxygens (including phenoxy) is 2. The van der Waals surface area contributed by atoms with Gasteiger partial charge in [0, 0.05) is 18.9 Å². The number of amides is 1. The average Bonchev–Trinajstić information content (AvgIpc) is 3.33. The number of methoxy groups -OCH3 is 2. The van der Waals surface area contributed by atoms with Gasteiger partial charge in [0.05, 0.1) is 37.3 Å². The molecule has 1 aliphatic carbocycles. The maximum Gasteiger partial charge on any atom is 0.502 e. The van der Waals surface area contributed by atoms with Crippen molar-refractivity contribution in [3.63, 3.8) is 0 Å². The van der Waals surface area contributed by atoms with Gasteiger partial charge in [-0.1, -0.05) is 12.1 Å². The van der Waals surface area contributed by atoms with Crippen LogP contribution in [0.2, 0.25) is 0 Å². The quantitative estimate of drug-likeness (QED) is 0.357. The van der Waals surface area contributed by atoms with Crippen LogP contribution in [0.25, 0.3) is 17.2 Å². The zero-order valence-corrected chi connectivity index (χ0v) is 25.1. The summed E-state index contributed by atoms with van der Waals surface area (Å²) >= 11 is 0. The monoisotopic (exact) mass is 570 g/mol. The van der Waals surface area contributed by atoms with Gasteiger partial charge in [0.1, 0.15) is 17.3 Å². The summed E-state index contributed by atoms with van der Waals surface area (Å²) in [5, 5.41) is 2.95. The van der Waals surface area contributed by atoms with Crippen molar-refractivity contribution in [2.24, 2.45) is 0 Å². The number of nitrogens with zero attached hydrogens (tertiary/aromatic N) is 1. The van der Waals surface area contributed by atoms with Crippen molar-refractivity contribution in [2.45, 2.75) is 58.8 Å². The van der Waals surface area contributed by atoms with E-state index in [1.54, 1.807) is 32.7 Å². The summed E-state index contributed by atoms with van der Waals surface area (Å²) in [6.07, 6.45) is 5.53. The molecule has 2 heterocycles. The molecule has 5 rings (SSSR count). The normalized spacial score (nSPS) is 17.9. The molecule has 7 nitrogen and oxygen atoms in total. The first-order valence-corrected chi connectivity index (χ1v) is 13.9. The first-order chi connectivity index (χ1) is 19.9. The fraction of sp³-hybridized carbons (Fsp3) is 0.333. The van der Waals surface area contributed by atoms with Gasteiger partial charge in [0.15, 0.2) is 0 Å². The van der Waals surface area contributed by atoms with Crippen LogP contribution in [-0.4, -0.2) is 43.4 Å². The number of aromatic nitrogens is 1. The number of halogens is 1. The molecule has 0 unspecified atom stereocenters. The summed E-state index contributed by atoms with van der Waals surface area (Å²) in [7, 11) is 2.53. The third-order valence-electron chi connectivity index (χ3n) is 8.37. The van der Waals surface area contributed by atoms with Gasteiger partial charge in [-0.3, -0.25) is 9.78 Å². The van der Waals surface area contributed by atoms with Crippen molar-refractivity contribution < 1.29 is 28.0 Å². The predicted molar refractivity (Wildman–Crippen MR) is 163 cm³/mol. The molecule has 0 atom stereocenters. The van der Waals surface area contributed by atoms with Gasteiger partial charge in [0.2, 0.25) is 5.91 Å². The lowest BCUT2D eigenvalue weighted by Gasteiger charge is -2.32. The predicted octanol–water partition coefficient (Wildman–Crippen LogP) is 5.57. The fourth-order valence-electron chi connectivity index (χ4n) is 5.31. The molecule has 1 aliphatic heterocycles. The number of pyridine rings is 1. The van der Waals surface area contributed by atoms with Crippen LogP contribution in [0.5, 0.6) is 11.5 Å². The summed E-state index contributed by atoms with van der Waals surface area (Å²) < 4.78 is 38.6. The Morgan fingerprint density at radius 2 is 1.69 bits per heavy atom. The van der Waals surface area contributed by atoms with E-state index in [1.165, 1.54) is 12.1 Å². The van der Waals surface area contributed by atoms with Crippen molar-refractivity contribution in [3.05, 3.63) is 88.5 Å². The minimum Gasteiger partial charge on any atom is -0.497 e. The zero-order chi connectivity index (χ0) is 30.2. The lowest BCUT2D eigenvalue weighted by molar-refractivity contribution is -0.120. The minimum atomic E-state index is -0.671. The van der Waals surface area contributed by atoms with E-state index in [9.17, 15) is 9.18 Å². The Kier molecular flexibility index (Phi) is 8.01. The van der Waals surface area contributed by atoms with Crippen LogP contribution in [0.1, 0.15) is 63.3 Å².